The molecule has 1 atom stereocenters. The van der Waals surface area contributed by atoms with Gasteiger partial charge >= 0.3 is 5.97 Å². The van der Waals surface area contributed by atoms with Gasteiger partial charge in [-0.15, -0.1) is 0 Å². The maximum absolute atomic E-state index is 12.5. The molecule has 1 saturated heterocycles. The highest BCUT2D eigenvalue weighted by molar-refractivity contribution is 5.88. The highest BCUT2D eigenvalue weighted by atomic mass is 16.5. The van der Waals surface area contributed by atoms with Crippen LogP contribution in [0.3, 0.4) is 0 Å². The van der Waals surface area contributed by atoms with E-state index in [0.29, 0.717) is 31.4 Å². The van der Waals surface area contributed by atoms with Crippen molar-refractivity contribution in [1.29, 1.82) is 0 Å². The van der Waals surface area contributed by atoms with E-state index >= 15 is 0 Å². The Morgan fingerprint density at radius 2 is 1.89 bits per heavy atom. The number of hydrogen-bond acceptors (Lipinski definition) is 6. The minimum atomic E-state index is -0.810. The molecule has 1 aliphatic rings. The molecule has 7 nitrogen and oxygen atoms in total. The zero-order chi connectivity index (χ0) is 26.4. The second-order valence-corrected chi connectivity index (χ2v) is 10.4. The van der Waals surface area contributed by atoms with Crippen LogP contribution in [-0.2, 0) is 11.2 Å². The number of aliphatic hydroxyl groups excluding tert-OH is 1. The molecule has 0 amide bonds. The first kappa shape index (κ1) is 26.9. The molecule has 1 fully saturated rings. The fourth-order valence-corrected chi connectivity index (χ4v) is 5.50. The minimum absolute atomic E-state index is 0.372. The Morgan fingerprint density at radius 3 is 2.54 bits per heavy atom. The van der Waals surface area contributed by atoms with Crippen molar-refractivity contribution >= 4 is 22.6 Å². The normalized spacial score (nSPS) is 16.4. The van der Waals surface area contributed by atoms with Crippen molar-refractivity contribution in [3.63, 3.8) is 0 Å². The van der Waals surface area contributed by atoms with E-state index in [9.17, 15) is 15.0 Å². The van der Waals surface area contributed by atoms with Crippen LogP contribution in [0.2, 0.25) is 0 Å². The number of piperidine rings is 1. The molecule has 4 rings (SSSR count). The quantitative estimate of drug-likeness (QED) is 0.382. The maximum Gasteiger partial charge on any atom is 0.309 e. The van der Waals surface area contributed by atoms with Crippen molar-refractivity contribution in [1.82, 2.24) is 9.88 Å². The van der Waals surface area contributed by atoms with Gasteiger partial charge in [0.1, 0.15) is 5.75 Å². The van der Waals surface area contributed by atoms with Crippen molar-refractivity contribution in [3.05, 3.63) is 65.9 Å². The molecule has 0 bridgehead atoms. The topological polar surface area (TPSA) is 86.1 Å². The molecule has 198 valence electrons. The van der Waals surface area contributed by atoms with Crippen LogP contribution in [0.5, 0.6) is 5.75 Å². The number of benzene rings is 2. The van der Waals surface area contributed by atoms with Gasteiger partial charge in [-0.05, 0) is 81.9 Å². The van der Waals surface area contributed by atoms with E-state index in [-0.39, 0.29) is 0 Å². The molecule has 2 N–H and O–H groups in total. The Kier molecular flexibility index (Phi) is 8.67. The number of carboxylic acid groups (broad SMARTS) is 1. The third kappa shape index (κ3) is 6.22. The Labute approximate surface area is 219 Å². The number of likely N-dealkylation sites (tertiary alicyclic amines) is 1. The lowest BCUT2D eigenvalue weighted by atomic mass is 9.74. The third-order valence-corrected chi connectivity index (χ3v) is 7.86. The molecule has 1 aliphatic heterocycles. The summed E-state index contributed by atoms with van der Waals surface area (Å²) in [6.07, 6.45) is 5.07. The van der Waals surface area contributed by atoms with E-state index in [1.807, 2.05) is 43.3 Å². The summed E-state index contributed by atoms with van der Waals surface area (Å²) < 4.78 is 5.42. The molecule has 3 aromatic rings. The lowest BCUT2D eigenvalue weighted by molar-refractivity contribution is -0.153. The van der Waals surface area contributed by atoms with Gasteiger partial charge in [0.15, 0.2) is 0 Å². The first-order chi connectivity index (χ1) is 17.8. The van der Waals surface area contributed by atoms with Crippen LogP contribution in [0.25, 0.3) is 10.9 Å². The highest BCUT2D eigenvalue weighted by Gasteiger charge is 2.41. The number of ether oxygens (including phenoxy) is 1. The SMILES string of the molecule is COc1ccc2ncc(N(C)C)c([C@H](O)CCC3(C(=O)O)CCN(CCCc4ccccc4)CC3)c2c1. The van der Waals surface area contributed by atoms with Gasteiger partial charge in [-0.1, -0.05) is 30.3 Å². The van der Waals surface area contributed by atoms with Gasteiger partial charge in [0.25, 0.3) is 0 Å². The van der Waals surface area contributed by atoms with E-state index in [2.05, 4.69) is 34.1 Å². The van der Waals surface area contributed by atoms with Crippen LogP contribution in [0.1, 0.15) is 49.3 Å². The molecule has 0 unspecified atom stereocenters. The van der Waals surface area contributed by atoms with Crippen molar-refractivity contribution in [2.24, 2.45) is 5.41 Å². The predicted molar refractivity (Wildman–Crippen MR) is 147 cm³/mol. The summed E-state index contributed by atoms with van der Waals surface area (Å²) in [5, 5.41) is 22.5. The number of fused-ring (bicyclic) bond motifs is 1. The second-order valence-electron chi connectivity index (χ2n) is 10.4. The van der Waals surface area contributed by atoms with Crippen LogP contribution in [0, 0.1) is 5.41 Å². The summed E-state index contributed by atoms with van der Waals surface area (Å²) in [7, 11) is 5.46. The van der Waals surface area contributed by atoms with E-state index in [4.69, 9.17) is 4.74 Å². The Balaban J connectivity index is 1.43. The number of aliphatic carboxylic acids is 1. The molecule has 0 spiro atoms. The van der Waals surface area contributed by atoms with Gasteiger partial charge in [0, 0.05) is 25.0 Å². The third-order valence-electron chi connectivity index (χ3n) is 7.86. The van der Waals surface area contributed by atoms with Crippen LogP contribution >= 0.6 is 0 Å². The fourth-order valence-electron chi connectivity index (χ4n) is 5.50. The number of hydrogen-bond donors (Lipinski definition) is 2. The van der Waals surface area contributed by atoms with E-state index in [1.165, 1.54) is 5.56 Å². The Bertz CT molecular complexity index is 1190. The van der Waals surface area contributed by atoms with Crippen LogP contribution in [0.15, 0.2) is 54.7 Å². The number of anilines is 1. The first-order valence-corrected chi connectivity index (χ1v) is 13.1. The van der Waals surface area contributed by atoms with Gasteiger partial charge in [-0.25, -0.2) is 0 Å². The molecular formula is C30H39N3O4. The largest absolute Gasteiger partial charge is 0.497 e. The maximum atomic E-state index is 12.5. The number of carboxylic acids is 1. The van der Waals surface area contributed by atoms with Crippen LogP contribution in [-0.4, -0.2) is 66.9 Å². The fraction of sp³-hybridized carbons (Fsp3) is 0.467. The van der Waals surface area contributed by atoms with Gasteiger partial charge in [0.05, 0.1) is 36.0 Å². The molecule has 37 heavy (non-hydrogen) atoms. The van der Waals surface area contributed by atoms with Crippen LogP contribution < -0.4 is 9.64 Å². The summed E-state index contributed by atoms with van der Waals surface area (Å²) in [5.41, 5.74) is 2.90. The zero-order valence-electron chi connectivity index (χ0n) is 22.2. The van der Waals surface area contributed by atoms with Gasteiger partial charge in [-0.3, -0.25) is 9.78 Å². The number of aromatic nitrogens is 1. The second kappa shape index (κ2) is 11.9. The number of methoxy groups -OCH3 is 1. The average Bonchev–Trinajstić information content (AvgIpc) is 2.91. The number of rotatable bonds is 11. The molecule has 0 saturated carbocycles. The monoisotopic (exact) mass is 505 g/mol. The average molecular weight is 506 g/mol. The Hall–Kier alpha value is -3.16. The smallest absolute Gasteiger partial charge is 0.309 e. The summed E-state index contributed by atoms with van der Waals surface area (Å²) >= 11 is 0. The predicted octanol–water partition coefficient (Wildman–Crippen LogP) is 4.92. The zero-order valence-corrected chi connectivity index (χ0v) is 22.2. The summed E-state index contributed by atoms with van der Waals surface area (Å²) in [6.45, 7) is 2.52. The number of nitrogens with zero attached hydrogens (tertiary/aromatic N) is 3. The van der Waals surface area contributed by atoms with E-state index in [1.54, 1.807) is 13.3 Å². The molecule has 0 aliphatic carbocycles. The van der Waals surface area contributed by atoms with Crippen molar-refractivity contribution < 1.29 is 19.7 Å². The molecule has 0 radical (unpaired) electrons. The minimum Gasteiger partial charge on any atom is -0.497 e. The van der Waals surface area contributed by atoms with Gasteiger partial charge < -0.3 is 24.7 Å². The summed E-state index contributed by atoms with van der Waals surface area (Å²) in [5.74, 6) is -0.0574. The Morgan fingerprint density at radius 1 is 1.16 bits per heavy atom. The number of aryl methyl sites for hydroxylation is 1. The van der Waals surface area contributed by atoms with Crippen molar-refractivity contribution in [2.75, 3.05) is 45.7 Å². The number of aliphatic hydroxyl groups is 1. The van der Waals surface area contributed by atoms with Crippen LogP contribution in [0.4, 0.5) is 5.69 Å². The molecule has 2 aromatic carbocycles. The lowest BCUT2D eigenvalue weighted by Crippen LogP contribution is -2.44. The summed E-state index contributed by atoms with van der Waals surface area (Å²) in [4.78, 5) is 21.3. The van der Waals surface area contributed by atoms with Gasteiger partial charge in [-0.2, -0.15) is 0 Å². The standard InChI is InChI=1S/C30H39N3O4/c1-32(2)26-21-31-25-12-11-23(37-3)20-24(25)28(26)27(34)13-14-30(29(35)36)15-18-33(19-16-30)17-7-10-22-8-5-4-6-9-22/h4-6,8-9,11-12,20-21,27,34H,7,10,13-19H2,1-3H3,(H,35,36)/t27-/m1/s1. The van der Waals surface area contributed by atoms with E-state index in [0.717, 1.165) is 54.6 Å². The van der Waals surface area contributed by atoms with Crippen molar-refractivity contribution in [3.8, 4) is 5.75 Å². The van der Waals surface area contributed by atoms with E-state index < -0.39 is 17.5 Å². The molecule has 7 heteroatoms. The molecule has 1 aromatic heterocycles. The molecular weight excluding hydrogens is 466 g/mol. The van der Waals surface area contributed by atoms with Crippen molar-refractivity contribution in [2.45, 2.75) is 44.6 Å². The first-order valence-electron chi connectivity index (χ1n) is 13.1. The summed E-state index contributed by atoms with van der Waals surface area (Å²) in [6, 6.07) is 16.1. The molecule has 2 heterocycles. The lowest BCUT2D eigenvalue weighted by Gasteiger charge is -2.39. The number of pyridine rings is 1. The number of carbonyl (C=O) groups is 1. The highest BCUT2D eigenvalue weighted by Crippen LogP contribution is 2.41. The van der Waals surface area contributed by atoms with Gasteiger partial charge in [0.2, 0.25) is 0 Å².